The number of nitrogens with zero attached hydrogens (tertiary/aromatic N) is 8. The number of amides is 1. The topological polar surface area (TPSA) is 189 Å². The van der Waals surface area contributed by atoms with E-state index in [0.29, 0.717) is 17.9 Å². The number of hydrogen-bond donors (Lipinski definition) is 5. The fraction of sp³-hybridized carbons (Fsp3) is 0.619. The van der Waals surface area contributed by atoms with Gasteiger partial charge in [-0.25, -0.2) is 19.6 Å². The molecule has 5 heterocycles. The molecule has 4 aliphatic heterocycles. The van der Waals surface area contributed by atoms with Crippen molar-refractivity contribution in [1.29, 1.82) is 0 Å². The van der Waals surface area contributed by atoms with Crippen LogP contribution < -0.4 is 21.8 Å². The number of carbonyl (C=O) groups is 2. The quantitative estimate of drug-likeness (QED) is 0.146. The fourth-order valence-corrected chi connectivity index (χ4v) is 6.45. The highest BCUT2D eigenvalue weighted by molar-refractivity contribution is 8.00. The molecule has 1 aromatic rings. The van der Waals surface area contributed by atoms with Gasteiger partial charge < -0.3 is 30.8 Å². The minimum Gasteiger partial charge on any atom is -0.477 e. The Morgan fingerprint density at radius 1 is 1.32 bits per heavy atom. The van der Waals surface area contributed by atoms with Gasteiger partial charge in [-0.3, -0.25) is 15.1 Å². The molecule has 218 valence electrons. The highest BCUT2D eigenvalue weighted by atomic mass is 32.2. The van der Waals surface area contributed by atoms with Gasteiger partial charge in [-0.2, -0.15) is 14.5 Å². The SMILES string of the molecule is CN1CCN(NC2NCCN2/N=C/C2=C(C(=O)O)N3CC(NC(=O)/C(=N/OCF)c4nsc(N)n4)C3SC2)CC1. The highest BCUT2D eigenvalue weighted by Gasteiger charge is 2.47. The van der Waals surface area contributed by atoms with Gasteiger partial charge in [0.1, 0.15) is 5.70 Å². The van der Waals surface area contributed by atoms with E-state index in [-0.39, 0.29) is 40.6 Å². The number of fused-ring (bicyclic) bond motifs is 1. The lowest BCUT2D eigenvalue weighted by atomic mass is 10.0. The Morgan fingerprint density at radius 2 is 2.12 bits per heavy atom. The molecule has 16 nitrogen and oxygen atoms in total. The summed E-state index contributed by atoms with van der Waals surface area (Å²) in [4.78, 5) is 37.5. The molecule has 3 fully saturated rings. The molecule has 0 radical (unpaired) electrons. The van der Waals surface area contributed by atoms with Crippen LogP contribution in [0.15, 0.2) is 21.5 Å². The zero-order valence-corrected chi connectivity index (χ0v) is 23.3. The number of oxime groups is 1. The number of likely N-dealkylation sites (N-methyl/N-ethyl adjacent to an activating group) is 1. The molecule has 40 heavy (non-hydrogen) atoms. The van der Waals surface area contributed by atoms with Crippen molar-refractivity contribution >= 4 is 52.2 Å². The molecule has 6 N–H and O–H groups in total. The summed E-state index contributed by atoms with van der Waals surface area (Å²) in [6, 6.07) is -0.392. The maximum Gasteiger partial charge on any atom is 0.352 e. The molecule has 0 aromatic carbocycles. The number of thioether (sulfide) groups is 1. The molecule has 3 atom stereocenters. The summed E-state index contributed by atoms with van der Waals surface area (Å²) in [5.74, 6) is -1.43. The van der Waals surface area contributed by atoms with E-state index in [9.17, 15) is 19.1 Å². The van der Waals surface area contributed by atoms with E-state index in [0.717, 1.165) is 44.3 Å². The second-order valence-corrected chi connectivity index (χ2v) is 11.3. The molecule has 3 saturated heterocycles. The van der Waals surface area contributed by atoms with Gasteiger partial charge in [-0.1, -0.05) is 5.16 Å². The van der Waals surface area contributed by atoms with E-state index in [1.807, 2.05) is 5.01 Å². The summed E-state index contributed by atoms with van der Waals surface area (Å²) in [6.07, 6.45) is 1.43. The van der Waals surface area contributed by atoms with Crippen LogP contribution >= 0.6 is 23.3 Å². The number of aliphatic carboxylic acids is 1. The first-order valence-electron chi connectivity index (χ1n) is 12.6. The second-order valence-electron chi connectivity index (χ2n) is 9.43. The number of rotatable bonds is 10. The van der Waals surface area contributed by atoms with Crippen molar-refractivity contribution in [2.45, 2.75) is 17.7 Å². The Morgan fingerprint density at radius 3 is 2.83 bits per heavy atom. The Bertz CT molecular complexity index is 1190. The minimum atomic E-state index is -1.23. The zero-order valence-electron chi connectivity index (χ0n) is 21.7. The zero-order chi connectivity index (χ0) is 28.2. The molecular weight excluding hydrogens is 567 g/mol. The van der Waals surface area contributed by atoms with Crippen molar-refractivity contribution in [1.82, 2.24) is 45.2 Å². The number of alkyl halides is 1. The predicted octanol–water partition coefficient (Wildman–Crippen LogP) is -2.09. The molecule has 3 unspecified atom stereocenters. The molecule has 0 spiro atoms. The summed E-state index contributed by atoms with van der Waals surface area (Å²) >= 11 is 2.35. The third-order valence-electron chi connectivity index (χ3n) is 6.78. The van der Waals surface area contributed by atoms with Gasteiger partial charge in [0.2, 0.25) is 11.5 Å². The van der Waals surface area contributed by atoms with E-state index in [1.54, 1.807) is 11.1 Å². The Hall–Kier alpha value is -3.10. The minimum absolute atomic E-state index is 0.0811. The Balaban J connectivity index is 1.22. The molecule has 19 heteroatoms. The number of aromatic nitrogens is 2. The van der Waals surface area contributed by atoms with Crippen LogP contribution in [0.1, 0.15) is 5.82 Å². The van der Waals surface area contributed by atoms with Crippen molar-refractivity contribution in [3.8, 4) is 0 Å². The molecule has 5 rings (SSSR count). The van der Waals surface area contributed by atoms with Gasteiger partial charge in [-0.05, 0) is 7.05 Å². The number of nitrogen functional groups attached to an aromatic ring is 1. The number of nitrogens with one attached hydrogen (secondary N) is 3. The number of piperazine rings is 1. The number of hydrogen-bond acceptors (Lipinski definition) is 16. The van der Waals surface area contributed by atoms with Crippen molar-refractivity contribution in [2.24, 2.45) is 10.3 Å². The average molecular weight is 599 g/mol. The Labute approximate surface area is 237 Å². The number of carboxylic acids is 1. The lowest BCUT2D eigenvalue weighted by molar-refractivity contribution is -0.135. The van der Waals surface area contributed by atoms with E-state index < -0.39 is 24.8 Å². The van der Waals surface area contributed by atoms with Crippen LogP contribution in [-0.2, 0) is 14.4 Å². The summed E-state index contributed by atoms with van der Waals surface area (Å²) in [6.45, 7) is 4.20. The van der Waals surface area contributed by atoms with E-state index in [1.165, 1.54) is 11.8 Å². The predicted molar refractivity (Wildman–Crippen MR) is 147 cm³/mol. The van der Waals surface area contributed by atoms with E-state index >= 15 is 0 Å². The normalized spacial score (nSPS) is 26.2. The van der Waals surface area contributed by atoms with Gasteiger partial charge in [-0.15, -0.1) is 11.8 Å². The molecule has 0 saturated carbocycles. The molecule has 4 aliphatic rings. The van der Waals surface area contributed by atoms with Crippen molar-refractivity contribution in [3.05, 3.63) is 17.1 Å². The van der Waals surface area contributed by atoms with Crippen molar-refractivity contribution < 1.29 is 23.9 Å². The maximum absolute atomic E-state index is 12.9. The summed E-state index contributed by atoms with van der Waals surface area (Å²) < 4.78 is 16.5. The molecular formula is C21H31FN12O4S2. The van der Waals surface area contributed by atoms with Crippen molar-refractivity contribution in [2.75, 3.05) is 71.2 Å². The van der Waals surface area contributed by atoms with Crippen LogP contribution in [0.4, 0.5) is 9.52 Å². The first kappa shape index (κ1) is 28.4. The van der Waals surface area contributed by atoms with Crippen LogP contribution in [0, 0.1) is 0 Å². The number of anilines is 1. The summed E-state index contributed by atoms with van der Waals surface area (Å²) in [5.41, 5.74) is 9.48. The fourth-order valence-electron chi connectivity index (χ4n) is 4.69. The monoisotopic (exact) mass is 598 g/mol. The first-order chi connectivity index (χ1) is 19.3. The van der Waals surface area contributed by atoms with Crippen LogP contribution in [0.5, 0.6) is 0 Å². The van der Waals surface area contributed by atoms with Crippen LogP contribution in [0.3, 0.4) is 0 Å². The average Bonchev–Trinajstić information content (AvgIpc) is 3.55. The number of nitrogens with two attached hydrogens (primary N) is 1. The van der Waals surface area contributed by atoms with E-state index in [4.69, 9.17) is 5.73 Å². The number of halogens is 1. The second kappa shape index (κ2) is 12.6. The van der Waals surface area contributed by atoms with Gasteiger partial charge in [0.05, 0.1) is 24.2 Å². The third kappa shape index (κ3) is 6.28. The number of hydrazone groups is 1. The highest BCUT2D eigenvalue weighted by Crippen LogP contribution is 2.39. The maximum atomic E-state index is 12.9. The molecule has 1 aromatic heterocycles. The van der Waals surface area contributed by atoms with Gasteiger partial charge in [0.15, 0.2) is 11.4 Å². The molecule has 1 amide bonds. The van der Waals surface area contributed by atoms with Crippen LogP contribution in [-0.4, -0.2) is 141 Å². The standard InChI is InChI=1S/C21H31FN12O4S2/c1-31-4-6-32(7-5-31)28-21-24-2-3-34(21)25-8-12-10-39-18-13(9-33(18)15(12)19(36)37)26-17(35)14(29-38-11-22)16-27-20(23)40-30-16/h8,13,18,21,24,28H,2-7,9-11H2,1H3,(H,26,35)(H,36,37)(H2,23,27,30)/b25-8+,29-14+. The van der Waals surface area contributed by atoms with Gasteiger partial charge >= 0.3 is 5.97 Å². The Kier molecular flexibility index (Phi) is 8.96. The van der Waals surface area contributed by atoms with Gasteiger partial charge in [0.25, 0.3) is 12.8 Å². The lowest BCUT2D eigenvalue weighted by Crippen LogP contribution is -2.67. The third-order valence-corrected chi connectivity index (χ3v) is 8.73. The van der Waals surface area contributed by atoms with Gasteiger partial charge in [0, 0.05) is 62.1 Å². The lowest BCUT2D eigenvalue weighted by Gasteiger charge is -2.51. The largest absolute Gasteiger partial charge is 0.477 e. The summed E-state index contributed by atoms with van der Waals surface area (Å²) in [5, 5.41) is 28.1. The molecule has 0 aliphatic carbocycles. The molecule has 0 bridgehead atoms. The van der Waals surface area contributed by atoms with Crippen molar-refractivity contribution in [3.63, 3.8) is 0 Å². The van der Waals surface area contributed by atoms with Crippen LogP contribution in [0.2, 0.25) is 0 Å². The first-order valence-corrected chi connectivity index (χ1v) is 14.4. The smallest absolute Gasteiger partial charge is 0.352 e. The number of carbonyl (C=O) groups excluding carboxylic acids is 1. The van der Waals surface area contributed by atoms with Crippen LogP contribution in [0.25, 0.3) is 0 Å². The number of hydrazine groups is 1. The van der Waals surface area contributed by atoms with E-state index in [2.05, 4.69) is 57.5 Å². The summed E-state index contributed by atoms with van der Waals surface area (Å²) in [7, 11) is 2.10. The number of carboxylic acid groups (broad SMARTS) is 1.